The Kier molecular flexibility index (Phi) is 8.39. The van der Waals surface area contributed by atoms with Gasteiger partial charge in [-0.15, -0.1) is 6.42 Å². The lowest BCUT2D eigenvalue weighted by Crippen LogP contribution is -2.69. The number of piperazine rings is 1. The largest absolute Gasteiger partial charge is 0.340 e. The Bertz CT molecular complexity index is 1260. The van der Waals surface area contributed by atoms with Crippen molar-refractivity contribution in [2.75, 3.05) is 33.7 Å². The second-order valence-electron chi connectivity index (χ2n) is 9.22. The molecule has 2 atom stereocenters. The summed E-state index contributed by atoms with van der Waals surface area (Å²) in [6.45, 7) is 0.648. The number of benzene rings is 2. The van der Waals surface area contributed by atoms with Crippen molar-refractivity contribution in [1.29, 1.82) is 0 Å². The molecule has 1 aliphatic carbocycles. The quantitative estimate of drug-likeness (QED) is 0.344. The minimum Gasteiger partial charge on any atom is -0.340 e. The molecule has 4 rings (SSSR count). The Labute approximate surface area is 218 Å². The summed E-state index contributed by atoms with van der Waals surface area (Å²) in [5, 5.41) is 7.85. The van der Waals surface area contributed by atoms with Crippen LogP contribution in [0.3, 0.4) is 0 Å². The molecule has 1 heterocycles. The maximum Gasteiger partial charge on any atom is 0.332 e. The molecule has 0 aromatic heterocycles. The number of hydrogen-bond acceptors (Lipinski definition) is 5. The number of likely N-dealkylation sites (N-methyl/N-ethyl adjacent to an activating group) is 1. The number of aldehydes is 1. The van der Waals surface area contributed by atoms with Gasteiger partial charge in [-0.2, -0.15) is 5.01 Å². The Balaban J connectivity index is 1.76. The molecule has 2 aromatic rings. The number of carbonyl (C=O) groups is 3. The van der Waals surface area contributed by atoms with E-state index in [-0.39, 0.29) is 19.0 Å². The minimum absolute atomic E-state index is 0.00253. The van der Waals surface area contributed by atoms with Gasteiger partial charge in [0, 0.05) is 13.6 Å². The second-order valence-corrected chi connectivity index (χ2v) is 9.22. The van der Waals surface area contributed by atoms with Crippen molar-refractivity contribution in [3.8, 4) is 12.3 Å². The zero-order valence-corrected chi connectivity index (χ0v) is 21.3. The van der Waals surface area contributed by atoms with Crippen molar-refractivity contribution in [2.24, 2.45) is 0 Å². The molecule has 192 valence electrons. The van der Waals surface area contributed by atoms with E-state index >= 15 is 0 Å². The number of nitrogens with one attached hydrogen (secondary N) is 1. The number of urea groups is 1. The lowest BCUT2D eigenvalue weighted by atomic mass is 9.93. The number of rotatable bonds is 8. The van der Waals surface area contributed by atoms with E-state index in [9.17, 15) is 14.4 Å². The highest BCUT2D eigenvalue weighted by molar-refractivity contribution is 5.88. The fraction of sp³-hybridized carbons (Fsp3) is 0.345. The summed E-state index contributed by atoms with van der Waals surface area (Å²) >= 11 is 0. The van der Waals surface area contributed by atoms with Gasteiger partial charge >= 0.3 is 6.03 Å². The fourth-order valence-corrected chi connectivity index (χ4v) is 5.24. The molecule has 0 spiro atoms. The number of hydrazine groups is 1. The van der Waals surface area contributed by atoms with Crippen molar-refractivity contribution < 1.29 is 14.4 Å². The molecule has 1 aliphatic heterocycles. The van der Waals surface area contributed by atoms with Gasteiger partial charge in [0.05, 0.1) is 25.8 Å². The summed E-state index contributed by atoms with van der Waals surface area (Å²) in [5.74, 6) is 2.52. The zero-order valence-electron chi connectivity index (χ0n) is 21.3. The maximum atomic E-state index is 14.0. The molecular weight excluding hydrogens is 466 g/mol. The van der Waals surface area contributed by atoms with E-state index in [1.165, 1.54) is 12.1 Å². The van der Waals surface area contributed by atoms with E-state index in [1.807, 2.05) is 53.3 Å². The third-order valence-corrected chi connectivity index (χ3v) is 7.05. The molecule has 0 bridgehead atoms. The van der Waals surface area contributed by atoms with E-state index in [0.29, 0.717) is 13.1 Å². The molecule has 2 aromatic carbocycles. The van der Waals surface area contributed by atoms with Crippen LogP contribution >= 0.6 is 0 Å². The van der Waals surface area contributed by atoms with Crippen molar-refractivity contribution in [1.82, 2.24) is 25.1 Å². The summed E-state index contributed by atoms with van der Waals surface area (Å²) < 4.78 is 0. The molecular formula is C29H33N5O3. The van der Waals surface area contributed by atoms with Gasteiger partial charge in [0.15, 0.2) is 0 Å². The lowest BCUT2D eigenvalue weighted by molar-refractivity contribution is -0.159. The fourth-order valence-electron chi connectivity index (χ4n) is 5.24. The third kappa shape index (κ3) is 5.43. The van der Waals surface area contributed by atoms with Crippen LogP contribution < -0.4 is 5.32 Å². The maximum absolute atomic E-state index is 14.0. The highest BCUT2D eigenvalue weighted by atomic mass is 16.2. The first-order valence-corrected chi connectivity index (χ1v) is 12.5. The van der Waals surface area contributed by atoms with Gasteiger partial charge in [0.25, 0.3) is 0 Å². The number of terminal acetylenes is 1. The van der Waals surface area contributed by atoms with Gasteiger partial charge in [0.1, 0.15) is 12.3 Å². The second kappa shape index (κ2) is 11.9. The predicted molar refractivity (Wildman–Crippen MR) is 144 cm³/mol. The van der Waals surface area contributed by atoms with E-state index in [2.05, 4.69) is 35.5 Å². The van der Waals surface area contributed by atoms with Crippen LogP contribution in [0.1, 0.15) is 18.4 Å². The van der Waals surface area contributed by atoms with Crippen molar-refractivity contribution in [2.45, 2.75) is 31.6 Å². The van der Waals surface area contributed by atoms with Crippen molar-refractivity contribution in [3.63, 3.8) is 0 Å². The normalized spacial score (nSPS) is 20.0. The van der Waals surface area contributed by atoms with Gasteiger partial charge in [-0.25, -0.2) is 9.80 Å². The summed E-state index contributed by atoms with van der Waals surface area (Å²) in [5.41, 5.74) is 2.05. The molecule has 1 unspecified atom stereocenters. The van der Waals surface area contributed by atoms with Crippen LogP contribution in [0.4, 0.5) is 4.79 Å². The topological polar surface area (TPSA) is 76.2 Å². The van der Waals surface area contributed by atoms with Crippen LogP contribution in [0.2, 0.25) is 0 Å². The number of allylic oxidation sites excluding steroid dienone is 3. The van der Waals surface area contributed by atoms with Gasteiger partial charge in [-0.3, -0.25) is 9.69 Å². The number of hydrogen-bond donors (Lipinski definition) is 1. The molecule has 3 amide bonds. The van der Waals surface area contributed by atoms with Gasteiger partial charge < -0.3 is 15.0 Å². The SMILES string of the molecule is C#CCN(C(=O)NC)N(CC=O)C1CN(Cc2cccc3ccccc23)C(=O)[C@H](C2=CC=CCC2)N1C. The summed E-state index contributed by atoms with van der Waals surface area (Å²) in [4.78, 5) is 42.3. The summed E-state index contributed by atoms with van der Waals surface area (Å²) in [6, 6.07) is 13.3. The molecule has 1 N–H and O–H groups in total. The molecule has 1 saturated heterocycles. The molecule has 8 nitrogen and oxygen atoms in total. The van der Waals surface area contributed by atoms with Crippen LogP contribution in [0, 0.1) is 12.3 Å². The molecule has 0 saturated carbocycles. The van der Waals surface area contributed by atoms with Crippen LogP contribution in [0.5, 0.6) is 0 Å². The van der Waals surface area contributed by atoms with Gasteiger partial charge in [0.2, 0.25) is 5.91 Å². The number of carbonyl (C=O) groups excluding carboxylic acids is 3. The standard InChI is InChI=1S/C29H33N5O3/c1-4-17-34(29(37)30-2)33(18-19-35)26-21-32(20-24-15-10-14-22-11-8-9-16-25(22)24)28(36)27(31(26)3)23-12-6-5-7-13-23/h1,5-6,8-12,14-16,19,26-27H,7,13,17-18,20-21H2,2-3H3,(H,30,37)/t26?,27-/m0/s1. The van der Waals surface area contributed by atoms with E-state index in [0.717, 1.165) is 41.0 Å². The van der Waals surface area contributed by atoms with Gasteiger partial charge in [-0.05, 0) is 41.8 Å². The number of fused-ring (bicyclic) bond motifs is 1. The average Bonchev–Trinajstić information content (AvgIpc) is 2.93. The first-order chi connectivity index (χ1) is 18.0. The highest BCUT2D eigenvalue weighted by Crippen LogP contribution is 2.30. The van der Waals surface area contributed by atoms with Gasteiger partial charge in [-0.1, -0.05) is 66.6 Å². The molecule has 37 heavy (non-hydrogen) atoms. The predicted octanol–water partition coefficient (Wildman–Crippen LogP) is 2.78. The summed E-state index contributed by atoms with van der Waals surface area (Å²) in [6.07, 6.45) is 13.6. The average molecular weight is 500 g/mol. The molecule has 2 aliphatic rings. The molecule has 1 fully saturated rings. The zero-order chi connectivity index (χ0) is 26.4. The first-order valence-electron chi connectivity index (χ1n) is 12.5. The van der Waals surface area contributed by atoms with E-state index in [1.54, 1.807) is 5.01 Å². The van der Waals surface area contributed by atoms with E-state index in [4.69, 9.17) is 6.42 Å². The number of nitrogens with zero attached hydrogens (tertiary/aromatic N) is 4. The van der Waals surface area contributed by atoms with E-state index < -0.39 is 18.2 Å². The van der Waals surface area contributed by atoms with Crippen LogP contribution in [0.25, 0.3) is 10.8 Å². The van der Waals surface area contributed by atoms with Crippen LogP contribution in [-0.2, 0) is 16.1 Å². The molecule has 8 heteroatoms. The smallest absolute Gasteiger partial charge is 0.332 e. The highest BCUT2D eigenvalue weighted by Gasteiger charge is 2.44. The Morgan fingerprint density at radius 2 is 2.03 bits per heavy atom. The van der Waals surface area contributed by atoms with Crippen LogP contribution in [0.15, 0.2) is 66.3 Å². The van der Waals surface area contributed by atoms with Crippen molar-refractivity contribution >= 4 is 29.0 Å². The van der Waals surface area contributed by atoms with Crippen LogP contribution in [-0.4, -0.2) is 84.0 Å². The third-order valence-electron chi connectivity index (χ3n) is 7.05. The first kappa shape index (κ1) is 26.1. The Morgan fingerprint density at radius 1 is 1.24 bits per heavy atom. The number of amides is 3. The molecule has 0 radical (unpaired) electrons. The Morgan fingerprint density at radius 3 is 2.73 bits per heavy atom. The summed E-state index contributed by atoms with van der Waals surface area (Å²) in [7, 11) is 3.39. The Hall–Kier alpha value is -3.93. The van der Waals surface area contributed by atoms with Crippen molar-refractivity contribution in [3.05, 3.63) is 71.8 Å². The lowest BCUT2D eigenvalue weighted by Gasteiger charge is -2.50. The monoisotopic (exact) mass is 499 g/mol. The minimum atomic E-state index is -0.523.